The summed E-state index contributed by atoms with van der Waals surface area (Å²) in [5, 5.41) is 12.2. The lowest BCUT2D eigenvalue weighted by atomic mass is 10.0. The van der Waals surface area contributed by atoms with Crippen molar-refractivity contribution in [1.29, 1.82) is 0 Å². The fourth-order valence-electron chi connectivity index (χ4n) is 2.96. The summed E-state index contributed by atoms with van der Waals surface area (Å²) in [5.74, 6) is -0.829. The third-order valence-corrected chi connectivity index (χ3v) is 7.86. The van der Waals surface area contributed by atoms with Crippen molar-refractivity contribution in [3.8, 4) is 10.4 Å². The summed E-state index contributed by atoms with van der Waals surface area (Å²) in [6, 6.07) is 3.21. The zero-order chi connectivity index (χ0) is 23.8. The van der Waals surface area contributed by atoms with E-state index in [1.807, 2.05) is 0 Å². The number of rotatable bonds is 3. The zero-order valence-electron chi connectivity index (χ0n) is 18.1. The second-order valence-electron chi connectivity index (χ2n) is 8.35. The number of pyridine rings is 1. The van der Waals surface area contributed by atoms with Gasteiger partial charge in [0.15, 0.2) is 0 Å². The molecule has 0 aliphatic carbocycles. The average Bonchev–Trinajstić information content (AvgIpc) is 3.07. The molecule has 1 aliphatic heterocycles. The van der Waals surface area contributed by atoms with Gasteiger partial charge >= 0.3 is 12.1 Å². The summed E-state index contributed by atoms with van der Waals surface area (Å²) < 4.78 is 19.5. The molecular formula is C20H23ClN4O5S2. The second-order valence-corrected chi connectivity index (χ2v) is 11.3. The Kier molecular flexibility index (Phi) is 6.64. The van der Waals surface area contributed by atoms with Gasteiger partial charge in [-0.25, -0.2) is 18.8 Å². The topological polar surface area (TPSA) is 121 Å². The number of carboxylic acids is 1. The minimum absolute atomic E-state index is 0.0575. The molecule has 1 amide bonds. The quantitative estimate of drug-likeness (QED) is 0.662. The molecule has 0 fully saturated rings. The maximum Gasteiger partial charge on any atom is 0.414 e. The highest BCUT2D eigenvalue weighted by atomic mass is 35.5. The van der Waals surface area contributed by atoms with Crippen molar-refractivity contribution in [3.05, 3.63) is 40.0 Å². The minimum atomic E-state index is -1.49. The first kappa shape index (κ1) is 24.1. The predicted molar refractivity (Wildman–Crippen MR) is 124 cm³/mol. The number of thiophene rings is 1. The second kappa shape index (κ2) is 8.80. The minimum Gasteiger partial charge on any atom is -0.478 e. The molecule has 0 saturated carbocycles. The van der Waals surface area contributed by atoms with Gasteiger partial charge in [0.05, 0.1) is 21.2 Å². The third-order valence-electron chi connectivity index (χ3n) is 4.42. The smallest absolute Gasteiger partial charge is 0.414 e. The van der Waals surface area contributed by atoms with Crippen LogP contribution < -0.4 is 5.32 Å². The van der Waals surface area contributed by atoms with Crippen LogP contribution in [0.15, 0.2) is 29.5 Å². The van der Waals surface area contributed by atoms with Crippen molar-refractivity contribution in [1.82, 2.24) is 14.6 Å². The molecule has 0 radical (unpaired) electrons. The van der Waals surface area contributed by atoms with Crippen molar-refractivity contribution in [2.75, 3.05) is 12.8 Å². The molecule has 2 N–H and O–H groups in total. The first-order valence-corrected chi connectivity index (χ1v) is 12.0. The summed E-state index contributed by atoms with van der Waals surface area (Å²) in [5.41, 5.74) is -1.04. The number of guanidine groups is 1. The van der Waals surface area contributed by atoms with E-state index in [1.165, 1.54) is 27.9 Å². The normalized spacial score (nSPS) is 21.1. The number of alkyl carbamates (subject to hydrolysis) is 1. The van der Waals surface area contributed by atoms with Gasteiger partial charge in [-0.15, -0.1) is 11.3 Å². The van der Waals surface area contributed by atoms with Gasteiger partial charge in [-0.05, 0) is 39.8 Å². The van der Waals surface area contributed by atoms with Crippen LogP contribution in [0.3, 0.4) is 0 Å². The van der Waals surface area contributed by atoms with E-state index < -0.39 is 34.2 Å². The average molecular weight is 499 g/mol. The standard InChI is InChI=1S/C20H23ClN4O5S2/c1-19(2,3)30-18(28)23-17-24-20(4,10-32(29)25(17)5)15-13(21)7-14(31-15)11-6-12(16(26)27)9-22-8-11/h6-9H,10H2,1-5H3,(H,26,27)(H,23,24,28)/t20-,32?/m0/s1. The van der Waals surface area contributed by atoms with Crippen LogP contribution in [0, 0.1) is 0 Å². The van der Waals surface area contributed by atoms with Gasteiger partial charge in [0.1, 0.15) is 22.1 Å². The number of carboxylic acid groups (broad SMARTS) is 1. The van der Waals surface area contributed by atoms with E-state index in [4.69, 9.17) is 16.3 Å². The summed E-state index contributed by atoms with van der Waals surface area (Å²) in [6.45, 7) is 7.00. The Balaban J connectivity index is 1.98. The van der Waals surface area contributed by atoms with Gasteiger partial charge in [0.2, 0.25) is 5.96 Å². The Labute approximate surface area is 197 Å². The fraction of sp³-hybridized carbons (Fsp3) is 0.400. The number of nitrogens with one attached hydrogen (secondary N) is 1. The summed E-state index contributed by atoms with van der Waals surface area (Å²) in [4.78, 5) is 33.5. The van der Waals surface area contributed by atoms with Gasteiger partial charge in [0.25, 0.3) is 0 Å². The third kappa shape index (κ3) is 5.28. The molecule has 2 atom stereocenters. The first-order chi connectivity index (χ1) is 14.8. The largest absolute Gasteiger partial charge is 0.478 e. The van der Waals surface area contributed by atoms with E-state index >= 15 is 0 Å². The molecule has 1 aliphatic rings. The Morgan fingerprint density at radius 1 is 1.34 bits per heavy atom. The maximum atomic E-state index is 12.8. The van der Waals surface area contributed by atoms with Crippen LogP contribution in [0.1, 0.15) is 42.9 Å². The predicted octanol–water partition coefficient (Wildman–Crippen LogP) is 3.87. The van der Waals surface area contributed by atoms with Gasteiger partial charge in [-0.1, -0.05) is 11.6 Å². The van der Waals surface area contributed by atoms with E-state index in [1.54, 1.807) is 47.0 Å². The van der Waals surface area contributed by atoms with Crippen molar-refractivity contribution in [2.24, 2.45) is 4.99 Å². The molecule has 32 heavy (non-hydrogen) atoms. The van der Waals surface area contributed by atoms with Crippen molar-refractivity contribution >= 4 is 51.9 Å². The van der Waals surface area contributed by atoms with Gasteiger partial charge in [-0.3, -0.25) is 14.6 Å². The number of aromatic nitrogens is 1. The molecule has 3 rings (SSSR count). The fourth-order valence-corrected chi connectivity index (χ4v) is 5.83. The number of hydrogen-bond donors (Lipinski definition) is 2. The van der Waals surface area contributed by atoms with Crippen LogP contribution in [-0.2, 0) is 21.3 Å². The van der Waals surface area contributed by atoms with Crippen LogP contribution in [0.2, 0.25) is 5.02 Å². The number of aliphatic imine (C=N–C) groups is 1. The lowest BCUT2D eigenvalue weighted by molar-refractivity contribution is 0.0558. The highest BCUT2D eigenvalue weighted by Gasteiger charge is 2.40. The molecule has 2 aromatic heterocycles. The molecule has 0 saturated heterocycles. The van der Waals surface area contributed by atoms with E-state index in [2.05, 4.69) is 15.3 Å². The maximum absolute atomic E-state index is 12.8. The molecule has 3 heterocycles. The van der Waals surface area contributed by atoms with Gasteiger partial charge in [-0.2, -0.15) is 0 Å². The van der Waals surface area contributed by atoms with Gasteiger partial charge < -0.3 is 9.84 Å². The van der Waals surface area contributed by atoms with E-state index in [0.717, 1.165) is 0 Å². The number of nitrogens with zero attached hydrogens (tertiary/aromatic N) is 3. The summed E-state index contributed by atoms with van der Waals surface area (Å²) in [7, 11) is 0.0783. The Morgan fingerprint density at radius 3 is 2.66 bits per heavy atom. The van der Waals surface area contributed by atoms with E-state index in [-0.39, 0.29) is 17.3 Å². The lowest BCUT2D eigenvalue weighted by Crippen LogP contribution is -2.51. The van der Waals surface area contributed by atoms with Crippen LogP contribution in [0.4, 0.5) is 4.79 Å². The van der Waals surface area contributed by atoms with Crippen molar-refractivity contribution in [2.45, 2.75) is 38.8 Å². The molecule has 0 spiro atoms. The van der Waals surface area contributed by atoms with Crippen LogP contribution >= 0.6 is 22.9 Å². The SMILES string of the molecule is CN1C(NC(=O)OC(C)(C)C)=N[C@](C)(c2sc(-c3cncc(C(=O)O)c3)cc2Cl)CS1=O. The Morgan fingerprint density at radius 2 is 2.03 bits per heavy atom. The molecule has 1 unspecified atom stereocenters. The van der Waals surface area contributed by atoms with Crippen LogP contribution in [0.25, 0.3) is 10.4 Å². The van der Waals surface area contributed by atoms with Crippen molar-refractivity contribution < 1.29 is 23.6 Å². The zero-order valence-corrected chi connectivity index (χ0v) is 20.5. The Bertz CT molecular complexity index is 1130. The molecule has 12 heteroatoms. The molecule has 9 nitrogen and oxygen atoms in total. The molecular weight excluding hydrogens is 476 g/mol. The van der Waals surface area contributed by atoms with Crippen LogP contribution in [0.5, 0.6) is 0 Å². The first-order valence-electron chi connectivity index (χ1n) is 9.50. The lowest BCUT2D eigenvalue weighted by Gasteiger charge is -2.34. The number of ether oxygens (including phenoxy) is 1. The van der Waals surface area contributed by atoms with E-state index in [9.17, 15) is 18.9 Å². The molecule has 0 bridgehead atoms. The molecule has 2 aromatic rings. The number of hydrogen-bond acceptors (Lipinski definition) is 7. The molecule has 0 aromatic carbocycles. The number of carbonyl (C=O) groups is 2. The van der Waals surface area contributed by atoms with Crippen LogP contribution in [-0.4, -0.2) is 55.0 Å². The molecule has 172 valence electrons. The van der Waals surface area contributed by atoms with E-state index in [0.29, 0.717) is 20.3 Å². The van der Waals surface area contributed by atoms with Gasteiger partial charge in [0, 0.05) is 29.9 Å². The number of halogens is 1. The Hall–Kier alpha value is -2.50. The highest BCUT2D eigenvalue weighted by molar-refractivity contribution is 7.83. The number of carbonyl (C=O) groups excluding carboxylic acids is 1. The summed E-state index contributed by atoms with van der Waals surface area (Å²) in [6.07, 6.45) is 2.10. The summed E-state index contributed by atoms with van der Waals surface area (Å²) >= 11 is 7.83. The number of amides is 1. The highest BCUT2D eigenvalue weighted by Crippen LogP contribution is 2.43. The number of aromatic carboxylic acids is 1. The van der Waals surface area contributed by atoms with Crippen molar-refractivity contribution in [3.63, 3.8) is 0 Å². The monoisotopic (exact) mass is 498 g/mol.